The molecule has 1 fully saturated rings. The van der Waals surface area contributed by atoms with Gasteiger partial charge < -0.3 is 5.32 Å². The molecule has 2 atom stereocenters. The molecule has 0 amide bonds. The Morgan fingerprint density at radius 3 is 2.70 bits per heavy atom. The number of halogens is 4. The van der Waals surface area contributed by atoms with Gasteiger partial charge in [-0.1, -0.05) is 35.7 Å². The maximum atomic E-state index is 13.0. The SMILES string of the molecule is CC1CCCC(CNc2ccc(Br)cc2C(F)(F)F)C1. The largest absolute Gasteiger partial charge is 0.418 e. The van der Waals surface area contributed by atoms with E-state index in [2.05, 4.69) is 28.2 Å². The fraction of sp³-hybridized carbons (Fsp3) is 0.600. The van der Waals surface area contributed by atoms with Crippen LogP contribution in [0.2, 0.25) is 0 Å². The van der Waals surface area contributed by atoms with E-state index in [-0.39, 0.29) is 5.69 Å². The minimum absolute atomic E-state index is 0.180. The summed E-state index contributed by atoms with van der Waals surface area (Å²) >= 11 is 3.10. The van der Waals surface area contributed by atoms with Crippen molar-refractivity contribution in [1.29, 1.82) is 0 Å². The predicted octanol–water partition coefficient (Wildman–Crippen LogP) is 5.71. The van der Waals surface area contributed by atoms with E-state index in [1.807, 2.05) is 0 Å². The maximum Gasteiger partial charge on any atom is 0.418 e. The van der Waals surface area contributed by atoms with Crippen molar-refractivity contribution in [3.8, 4) is 0 Å². The molecule has 0 bridgehead atoms. The minimum Gasteiger partial charge on any atom is -0.384 e. The summed E-state index contributed by atoms with van der Waals surface area (Å²) < 4.78 is 39.4. The van der Waals surface area contributed by atoms with Gasteiger partial charge in [-0.05, 0) is 42.9 Å². The summed E-state index contributed by atoms with van der Waals surface area (Å²) in [4.78, 5) is 0. The number of benzene rings is 1. The standard InChI is InChI=1S/C15H19BrF3N/c1-10-3-2-4-11(7-10)9-20-14-6-5-12(16)8-13(14)15(17,18)19/h5-6,8,10-11,20H,2-4,7,9H2,1H3. The van der Waals surface area contributed by atoms with Crippen LogP contribution in [0.15, 0.2) is 22.7 Å². The van der Waals surface area contributed by atoms with Gasteiger partial charge in [-0.3, -0.25) is 0 Å². The van der Waals surface area contributed by atoms with Crippen molar-refractivity contribution >= 4 is 21.6 Å². The second kappa shape index (κ2) is 6.37. The van der Waals surface area contributed by atoms with Gasteiger partial charge in [0.25, 0.3) is 0 Å². The van der Waals surface area contributed by atoms with Gasteiger partial charge in [-0.25, -0.2) is 0 Å². The number of anilines is 1. The molecule has 0 heterocycles. The first-order valence-corrected chi connectivity index (χ1v) is 7.76. The number of hydrogen-bond donors (Lipinski definition) is 1. The topological polar surface area (TPSA) is 12.0 Å². The first-order chi connectivity index (χ1) is 9.36. The molecule has 1 aliphatic rings. The summed E-state index contributed by atoms with van der Waals surface area (Å²) in [7, 11) is 0. The fourth-order valence-corrected chi connectivity index (χ4v) is 3.27. The third-order valence-electron chi connectivity index (χ3n) is 3.91. The molecule has 2 unspecified atom stereocenters. The second-order valence-electron chi connectivity index (χ2n) is 5.71. The summed E-state index contributed by atoms with van der Waals surface area (Å²) in [5, 5.41) is 3.00. The van der Waals surface area contributed by atoms with Crippen LogP contribution in [0, 0.1) is 11.8 Å². The highest BCUT2D eigenvalue weighted by atomic mass is 79.9. The van der Waals surface area contributed by atoms with Crippen molar-refractivity contribution < 1.29 is 13.2 Å². The Hall–Kier alpha value is -0.710. The highest BCUT2D eigenvalue weighted by molar-refractivity contribution is 9.10. The Morgan fingerprint density at radius 1 is 1.30 bits per heavy atom. The number of hydrogen-bond acceptors (Lipinski definition) is 1. The van der Waals surface area contributed by atoms with E-state index in [9.17, 15) is 13.2 Å². The Kier molecular flexibility index (Phi) is 4.99. The van der Waals surface area contributed by atoms with E-state index in [0.29, 0.717) is 22.9 Å². The summed E-state index contributed by atoms with van der Waals surface area (Å²) in [6.07, 6.45) is 0.300. The van der Waals surface area contributed by atoms with Crippen LogP contribution in [0.25, 0.3) is 0 Å². The highest BCUT2D eigenvalue weighted by Crippen LogP contribution is 2.37. The first-order valence-electron chi connectivity index (χ1n) is 6.97. The Labute approximate surface area is 126 Å². The Morgan fingerprint density at radius 2 is 2.05 bits per heavy atom. The molecule has 1 nitrogen and oxygen atoms in total. The minimum atomic E-state index is -4.33. The van der Waals surface area contributed by atoms with Crippen LogP contribution >= 0.6 is 15.9 Å². The number of rotatable bonds is 3. The van der Waals surface area contributed by atoms with Crippen LogP contribution in [-0.4, -0.2) is 6.54 Å². The van der Waals surface area contributed by atoms with Gasteiger partial charge in [-0.2, -0.15) is 13.2 Å². The molecule has 20 heavy (non-hydrogen) atoms. The van der Waals surface area contributed by atoms with Gasteiger partial charge in [0.15, 0.2) is 0 Å². The zero-order chi connectivity index (χ0) is 14.8. The van der Waals surface area contributed by atoms with E-state index < -0.39 is 11.7 Å². The van der Waals surface area contributed by atoms with Crippen molar-refractivity contribution in [3.05, 3.63) is 28.2 Å². The van der Waals surface area contributed by atoms with E-state index in [0.717, 1.165) is 18.9 Å². The Bertz CT molecular complexity index is 459. The molecular formula is C15H19BrF3N. The number of nitrogens with one attached hydrogen (secondary N) is 1. The quantitative estimate of drug-likeness (QED) is 0.737. The lowest BCUT2D eigenvalue weighted by Crippen LogP contribution is -2.22. The summed E-state index contributed by atoms with van der Waals surface area (Å²) in [6, 6.07) is 4.27. The molecule has 112 valence electrons. The number of alkyl halides is 3. The van der Waals surface area contributed by atoms with Crippen molar-refractivity contribution in [2.24, 2.45) is 11.8 Å². The first kappa shape index (κ1) is 15.7. The average molecular weight is 350 g/mol. The van der Waals surface area contributed by atoms with Gasteiger partial charge in [0.2, 0.25) is 0 Å². The lowest BCUT2D eigenvalue weighted by Gasteiger charge is -2.27. The van der Waals surface area contributed by atoms with Gasteiger partial charge in [-0.15, -0.1) is 0 Å². The van der Waals surface area contributed by atoms with Crippen LogP contribution in [0.3, 0.4) is 0 Å². The molecule has 1 aromatic rings. The monoisotopic (exact) mass is 349 g/mol. The highest BCUT2D eigenvalue weighted by Gasteiger charge is 2.33. The zero-order valence-electron chi connectivity index (χ0n) is 11.4. The lowest BCUT2D eigenvalue weighted by atomic mass is 9.82. The predicted molar refractivity (Wildman–Crippen MR) is 78.8 cm³/mol. The molecule has 1 aromatic carbocycles. The molecule has 2 rings (SSSR count). The van der Waals surface area contributed by atoms with E-state index >= 15 is 0 Å². The summed E-state index contributed by atoms with van der Waals surface area (Å²) in [6.45, 7) is 2.84. The lowest BCUT2D eigenvalue weighted by molar-refractivity contribution is -0.137. The molecular weight excluding hydrogens is 331 g/mol. The fourth-order valence-electron chi connectivity index (χ4n) is 2.90. The van der Waals surface area contributed by atoms with Crippen molar-refractivity contribution in [2.45, 2.75) is 38.8 Å². The molecule has 0 aromatic heterocycles. The molecule has 5 heteroatoms. The maximum absolute atomic E-state index is 13.0. The van der Waals surface area contributed by atoms with E-state index in [1.54, 1.807) is 6.07 Å². The average Bonchev–Trinajstić information content (AvgIpc) is 2.36. The van der Waals surface area contributed by atoms with Crippen LogP contribution in [-0.2, 0) is 6.18 Å². The van der Waals surface area contributed by atoms with Crippen molar-refractivity contribution in [3.63, 3.8) is 0 Å². The van der Waals surface area contributed by atoms with Gasteiger partial charge in [0.05, 0.1) is 5.56 Å². The molecule has 1 saturated carbocycles. The van der Waals surface area contributed by atoms with Crippen LogP contribution in [0.4, 0.5) is 18.9 Å². The van der Waals surface area contributed by atoms with Gasteiger partial charge in [0.1, 0.15) is 0 Å². The van der Waals surface area contributed by atoms with Crippen molar-refractivity contribution in [2.75, 3.05) is 11.9 Å². The van der Waals surface area contributed by atoms with E-state index in [1.165, 1.54) is 18.9 Å². The van der Waals surface area contributed by atoms with Gasteiger partial charge in [0, 0.05) is 16.7 Å². The summed E-state index contributed by atoms with van der Waals surface area (Å²) in [5.74, 6) is 1.16. The van der Waals surface area contributed by atoms with Crippen LogP contribution < -0.4 is 5.32 Å². The third-order valence-corrected chi connectivity index (χ3v) is 4.41. The molecule has 0 saturated heterocycles. The van der Waals surface area contributed by atoms with Crippen LogP contribution in [0.1, 0.15) is 38.2 Å². The molecule has 0 spiro atoms. The molecule has 0 aliphatic heterocycles. The van der Waals surface area contributed by atoms with Crippen molar-refractivity contribution in [1.82, 2.24) is 0 Å². The smallest absolute Gasteiger partial charge is 0.384 e. The normalized spacial score (nSPS) is 23.6. The molecule has 1 N–H and O–H groups in total. The molecule has 0 radical (unpaired) electrons. The van der Waals surface area contributed by atoms with Crippen LogP contribution in [0.5, 0.6) is 0 Å². The van der Waals surface area contributed by atoms with Gasteiger partial charge >= 0.3 is 6.18 Å². The summed E-state index contributed by atoms with van der Waals surface area (Å²) in [5.41, 5.74) is -0.422. The Balaban J connectivity index is 2.05. The zero-order valence-corrected chi connectivity index (χ0v) is 13.0. The second-order valence-corrected chi connectivity index (χ2v) is 6.62. The third kappa shape index (κ3) is 4.14. The van der Waals surface area contributed by atoms with E-state index in [4.69, 9.17) is 0 Å². The molecule has 1 aliphatic carbocycles.